The van der Waals surface area contributed by atoms with Crippen LogP contribution in [0.3, 0.4) is 0 Å². The third-order valence-electron chi connectivity index (χ3n) is 7.44. The molecular weight excluding hydrogens is 476 g/mol. The van der Waals surface area contributed by atoms with Gasteiger partial charge in [-0.1, -0.05) is 13.8 Å². The lowest BCUT2D eigenvalue weighted by Crippen LogP contribution is -2.45. The Kier molecular flexibility index (Phi) is 7.11. The highest BCUT2D eigenvalue weighted by atomic mass is 32.1. The van der Waals surface area contributed by atoms with Crippen molar-refractivity contribution in [2.45, 2.75) is 89.4 Å². The van der Waals surface area contributed by atoms with Gasteiger partial charge >= 0.3 is 0 Å². The van der Waals surface area contributed by atoms with Gasteiger partial charge in [-0.2, -0.15) is 5.26 Å². The van der Waals surface area contributed by atoms with E-state index in [-0.39, 0.29) is 18.4 Å². The number of nitriles is 1. The molecule has 5 rings (SSSR count). The fourth-order valence-corrected chi connectivity index (χ4v) is 6.76. The van der Waals surface area contributed by atoms with E-state index in [2.05, 4.69) is 72.4 Å². The van der Waals surface area contributed by atoms with Crippen LogP contribution in [0.2, 0.25) is 0 Å². The second-order valence-electron chi connectivity index (χ2n) is 10.1. The molecule has 0 unspecified atom stereocenters. The molecule has 0 spiro atoms. The van der Waals surface area contributed by atoms with Crippen LogP contribution in [-0.4, -0.2) is 64.8 Å². The summed E-state index contributed by atoms with van der Waals surface area (Å²) in [6.45, 7) is 7.32. The molecule has 1 amide bonds. The lowest BCUT2D eigenvalue weighted by molar-refractivity contribution is -0.121. The summed E-state index contributed by atoms with van der Waals surface area (Å²) in [7, 11) is 0. The van der Waals surface area contributed by atoms with Gasteiger partial charge in [-0.05, 0) is 61.6 Å². The number of piperidine rings is 1. The Morgan fingerprint density at radius 2 is 2.00 bits per heavy atom. The number of carbonyl (C=O) groups excluding carboxylic acids is 1. The standard InChI is InChI=1S/C24H32N10OS/c1-14(2)24-30-27-15(3)34(24)18-10-16-4-5-17(11-18)33(16)9-8-20(21-7-6-19(13-25)36-21)26-23(35)12-22-28-31-32-29-22/h6-7,14,16-18,20H,4-5,8-12H2,1-3H3,(H,26,35)(H,28,29,31,32)/t16-,17+,18-,20-/m0/s1. The third-order valence-corrected chi connectivity index (χ3v) is 8.55. The van der Waals surface area contributed by atoms with Crippen molar-refractivity contribution in [3.8, 4) is 6.07 Å². The van der Waals surface area contributed by atoms with E-state index in [1.807, 2.05) is 12.1 Å². The van der Waals surface area contributed by atoms with Crippen LogP contribution in [0.15, 0.2) is 12.1 Å². The number of hydrogen-bond donors (Lipinski definition) is 2. The molecule has 3 aromatic rings. The van der Waals surface area contributed by atoms with E-state index in [0.717, 1.165) is 42.3 Å². The van der Waals surface area contributed by atoms with Gasteiger partial charge in [0, 0.05) is 35.5 Å². The minimum Gasteiger partial charge on any atom is -0.348 e. The lowest BCUT2D eigenvalue weighted by atomic mass is 9.95. The SMILES string of the molecule is Cc1nnc(C(C)C)n1[C@@H]1C[C@H]2CC[C@@H](C1)N2CC[C@H](NC(=O)Cc1nnn[nH]1)c1ccc(C#N)s1. The molecule has 2 N–H and O–H groups in total. The van der Waals surface area contributed by atoms with Crippen LogP contribution in [0, 0.1) is 18.3 Å². The minimum absolute atomic E-state index is 0.0904. The normalized spacial score (nSPS) is 22.6. The molecule has 2 bridgehead atoms. The zero-order valence-electron chi connectivity index (χ0n) is 20.9. The van der Waals surface area contributed by atoms with Crippen LogP contribution in [0.1, 0.15) is 91.2 Å². The molecule has 4 atom stereocenters. The van der Waals surface area contributed by atoms with Gasteiger partial charge in [0.25, 0.3) is 0 Å². The Morgan fingerprint density at radius 1 is 1.22 bits per heavy atom. The number of H-pyrrole nitrogens is 1. The Bertz CT molecular complexity index is 1210. The Balaban J connectivity index is 1.26. The molecule has 0 aliphatic carbocycles. The van der Waals surface area contributed by atoms with Crippen LogP contribution >= 0.6 is 11.3 Å². The minimum atomic E-state index is -0.162. The molecule has 2 aliphatic heterocycles. The number of fused-ring (bicyclic) bond motifs is 2. The number of nitrogens with zero attached hydrogens (tertiary/aromatic N) is 8. The van der Waals surface area contributed by atoms with Gasteiger partial charge in [0.15, 0.2) is 5.82 Å². The first kappa shape index (κ1) is 24.5. The summed E-state index contributed by atoms with van der Waals surface area (Å²) in [6, 6.07) is 7.29. The van der Waals surface area contributed by atoms with Crippen molar-refractivity contribution in [2.75, 3.05) is 6.54 Å². The number of hydrogen-bond acceptors (Lipinski definition) is 9. The Hall–Kier alpha value is -3.17. The molecule has 0 aromatic carbocycles. The van der Waals surface area contributed by atoms with E-state index in [9.17, 15) is 10.1 Å². The van der Waals surface area contributed by atoms with Crippen molar-refractivity contribution in [3.63, 3.8) is 0 Å². The maximum atomic E-state index is 12.7. The molecule has 3 aromatic heterocycles. The highest BCUT2D eigenvalue weighted by Gasteiger charge is 2.42. The molecule has 0 saturated carbocycles. The average molecular weight is 509 g/mol. The molecule has 2 aliphatic rings. The molecular formula is C24H32N10OS. The predicted molar refractivity (Wildman–Crippen MR) is 133 cm³/mol. The topological polar surface area (TPSA) is 141 Å². The number of thiophene rings is 1. The summed E-state index contributed by atoms with van der Waals surface area (Å²) in [5.74, 6) is 2.73. The molecule has 0 radical (unpaired) electrons. The van der Waals surface area contributed by atoms with Crippen LogP contribution in [0.4, 0.5) is 0 Å². The van der Waals surface area contributed by atoms with Crippen molar-refractivity contribution >= 4 is 17.2 Å². The number of amides is 1. The molecule has 5 heterocycles. The average Bonchev–Trinajstić information content (AvgIpc) is 3.64. The van der Waals surface area contributed by atoms with Gasteiger partial charge < -0.3 is 9.88 Å². The number of carbonyl (C=O) groups is 1. The molecule has 2 saturated heterocycles. The second kappa shape index (κ2) is 10.4. The van der Waals surface area contributed by atoms with Crippen molar-refractivity contribution in [3.05, 3.63) is 39.4 Å². The quantitative estimate of drug-likeness (QED) is 0.449. The summed E-state index contributed by atoms with van der Waals surface area (Å²) in [5.41, 5.74) is 0. The molecule has 11 nitrogen and oxygen atoms in total. The van der Waals surface area contributed by atoms with Crippen molar-refractivity contribution < 1.29 is 4.79 Å². The molecule has 2 fully saturated rings. The zero-order chi connectivity index (χ0) is 25.2. The van der Waals surface area contributed by atoms with Crippen LogP contribution in [0.25, 0.3) is 0 Å². The molecule has 36 heavy (non-hydrogen) atoms. The smallest absolute Gasteiger partial charge is 0.228 e. The first-order chi connectivity index (χ1) is 17.4. The summed E-state index contributed by atoms with van der Waals surface area (Å²) in [6.07, 6.45) is 5.47. The summed E-state index contributed by atoms with van der Waals surface area (Å²) in [4.78, 5) is 17.0. The van der Waals surface area contributed by atoms with Gasteiger partial charge in [0.1, 0.15) is 22.6 Å². The maximum absolute atomic E-state index is 12.7. The highest BCUT2D eigenvalue weighted by Crippen LogP contribution is 2.42. The fourth-order valence-electron chi connectivity index (χ4n) is 5.87. The van der Waals surface area contributed by atoms with Gasteiger partial charge in [-0.15, -0.1) is 26.6 Å². The van der Waals surface area contributed by atoms with Crippen LogP contribution in [-0.2, 0) is 11.2 Å². The summed E-state index contributed by atoms with van der Waals surface area (Å²) >= 11 is 1.44. The zero-order valence-corrected chi connectivity index (χ0v) is 21.7. The number of tetrazole rings is 1. The lowest BCUT2D eigenvalue weighted by Gasteiger charge is -2.40. The number of aromatic amines is 1. The van der Waals surface area contributed by atoms with E-state index in [1.54, 1.807) is 0 Å². The van der Waals surface area contributed by atoms with Crippen molar-refractivity contribution in [2.24, 2.45) is 0 Å². The number of rotatable bonds is 9. The largest absolute Gasteiger partial charge is 0.348 e. The molecule has 12 heteroatoms. The summed E-state index contributed by atoms with van der Waals surface area (Å²) in [5, 5.41) is 34.8. The van der Waals surface area contributed by atoms with Crippen molar-refractivity contribution in [1.29, 1.82) is 5.26 Å². The van der Waals surface area contributed by atoms with Crippen LogP contribution in [0.5, 0.6) is 0 Å². The van der Waals surface area contributed by atoms with Gasteiger partial charge in [-0.3, -0.25) is 9.69 Å². The van der Waals surface area contributed by atoms with E-state index in [0.29, 0.717) is 34.7 Å². The predicted octanol–water partition coefficient (Wildman–Crippen LogP) is 2.81. The second-order valence-corrected chi connectivity index (χ2v) is 11.2. The number of nitrogens with one attached hydrogen (secondary N) is 2. The van der Waals surface area contributed by atoms with Crippen molar-refractivity contribution in [1.82, 2.24) is 45.6 Å². The van der Waals surface area contributed by atoms with E-state index in [1.165, 1.54) is 24.2 Å². The number of aromatic nitrogens is 7. The van der Waals surface area contributed by atoms with E-state index >= 15 is 0 Å². The Labute approximate surface area is 214 Å². The fraction of sp³-hybridized carbons (Fsp3) is 0.625. The van der Waals surface area contributed by atoms with E-state index < -0.39 is 0 Å². The van der Waals surface area contributed by atoms with Gasteiger partial charge in [0.2, 0.25) is 5.91 Å². The van der Waals surface area contributed by atoms with Gasteiger partial charge in [0.05, 0.1) is 12.5 Å². The highest BCUT2D eigenvalue weighted by molar-refractivity contribution is 7.12. The van der Waals surface area contributed by atoms with Crippen LogP contribution < -0.4 is 5.32 Å². The van der Waals surface area contributed by atoms with Gasteiger partial charge in [-0.25, -0.2) is 5.10 Å². The third kappa shape index (κ3) is 5.03. The maximum Gasteiger partial charge on any atom is 0.228 e. The van der Waals surface area contributed by atoms with E-state index in [4.69, 9.17) is 0 Å². The first-order valence-electron chi connectivity index (χ1n) is 12.6. The summed E-state index contributed by atoms with van der Waals surface area (Å²) < 4.78 is 2.38. The monoisotopic (exact) mass is 508 g/mol. The first-order valence-corrected chi connectivity index (χ1v) is 13.4. The molecule has 190 valence electrons. The Morgan fingerprint density at radius 3 is 2.64 bits per heavy atom. The number of aryl methyl sites for hydroxylation is 1.